The number of benzene rings is 4. The van der Waals surface area contributed by atoms with Crippen LogP contribution < -0.4 is 14.8 Å². The number of ether oxygens (including phenoxy) is 2. The Bertz CT molecular complexity index is 1460. The number of nitriles is 1. The summed E-state index contributed by atoms with van der Waals surface area (Å²) in [4.78, 5) is 12.6. The molecule has 0 heterocycles. The lowest BCUT2D eigenvalue weighted by Crippen LogP contribution is -2.13. The SMILES string of the molecule is COc1cc(/C=C(/C#N)C(=O)Nc2ccc(Br)cc2)cc(I)c1OCc1ccc2ccccc2c1. The molecule has 0 saturated heterocycles. The number of carbonyl (C=O) groups excluding carboxylic acids is 1. The summed E-state index contributed by atoms with van der Waals surface area (Å²) in [5, 5.41) is 14.6. The number of nitrogens with one attached hydrogen (secondary N) is 1. The standard InChI is InChI=1S/C28H20BrIN2O3/c1-34-26-15-19(13-22(16-31)28(33)32-24-10-8-23(29)9-11-24)14-25(30)27(26)35-17-18-6-7-20-4-2-3-5-21(20)12-18/h2-15H,17H2,1H3,(H,32,33)/b22-13-. The van der Waals surface area contributed by atoms with Crippen molar-refractivity contribution < 1.29 is 14.3 Å². The molecule has 0 bridgehead atoms. The molecule has 0 aliphatic rings. The van der Waals surface area contributed by atoms with Crippen LogP contribution in [0, 0.1) is 14.9 Å². The summed E-state index contributed by atoms with van der Waals surface area (Å²) in [5.74, 6) is 0.645. The molecule has 0 unspecified atom stereocenters. The zero-order valence-electron chi connectivity index (χ0n) is 18.7. The molecule has 0 atom stereocenters. The number of halogens is 2. The Hall–Kier alpha value is -3.35. The van der Waals surface area contributed by atoms with E-state index in [-0.39, 0.29) is 5.57 Å². The fraction of sp³-hybridized carbons (Fsp3) is 0.0714. The second-order valence-electron chi connectivity index (χ2n) is 7.64. The van der Waals surface area contributed by atoms with Gasteiger partial charge in [-0.15, -0.1) is 0 Å². The molecule has 0 aromatic heterocycles. The molecule has 5 nitrogen and oxygen atoms in total. The van der Waals surface area contributed by atoms with Gasteiger partial charge in [-0.25, -0.2) is 0 Å². The number of hydrogen-bond acceptors (Lipinski definition) is 4. The molecule has 1 amide bonds. The van der Waals surface area contributed by atoms with E-state index in [0.717, 1.165) is 19.0 Å². The smallest absolute Gasteiger partial charge is 0.266 e. The number of hydrogen-bond donors (Lipinski definition) is 1. The van der Waals surface area contributed by atoms with Gasteiger partial charge in [0.15, 0.2) is 11.5 Å². The molecule has 174 valence electrons. The number of anilines is 1. The summed E-state index contributed by atoms with van der Waals surface area (Å²) >= 11 is 5.53. The van der Waals surface area contributed by atoms with Gasteiger partial charge in [-0.1, -0.05) is 52.3 Å². The van der Waals surface area contributed by atoms with Crippen molar-refractivity contribution in [2.24, 2.45) is 0 Å². The number of methoxy groups -OCH3 is 1. The fourth-order valence-corrected chi connectivity index (χ4v) is 4.54. The summed E-state index contributed by atoms with van der Waals surface area (Å²) in [6.45, 7) is 0.380. The van der Waals surface area contributed by atoms with Crippen LogP contribution in [0.1, 0.15) is 11.1 Å². The van der Waals surface area contributed by atoms with E-state index in [0.29, 0.717) is 29.4 Å². The van der Waals surface area contributed by atoms with Crippen LogP contribution in [0.2, 0.25) is 0 Å². The Kier molecular flexibility index (Phi) is 8.06. The zero-order chi connectivity index (χ0) is 24.8. The first kappa shape index (κ1) is 24.8. The molecule has 0 aliphatic heterocycles. The van der Waals surface area contributed by atoms with Crippen LogP contribution in [0.4, 0.5) is 5.69 Å². The second kappa shape index (κ2) is 11.4. The van der Waals surface area contributed by atoms with E-state index in [9.17, 15) is 10.1 Å². The number of carbonyl (C=O) groups is 1. The van der Waals surface area contributed by atoms with Gasteiger partial charge in [0.1, 0.15) is 18.2 Å². The Morgan fingerprint density at radius 2 is 1.80 bits per heavy atom. The molecule has 0 radical (unpaired) electrons. The Labute approximate surface area is 225 Å². The van der Waals surface area contributed by atoms with E-state index in [2.05, 4.69) is 68.1 Å². The summed E-state index contributed by atoms with van der Waals surface area (Å²) < 4.78 is 13.4. The molecular weight excluding hydrogens is 619 g/mol. The average Bonchev–Trinajstić information content (AvgIpc) is 2.87. The quantitative estimate of drug-likeness (QED) is 0.131. The highest BCUT2D eigenvalue weighted by atomic mass is 127. The molecule has 4 aromatic rings. The maximum atomic E-state index is 12.6. The highest BCUT2D eigenvalue weighted by molar-refractivity contribution is 14.1. The number of nitrogens with zero attached hydrogens (tertiary/aromatic N) is 1. The molecule has 0 saturated carbocycles. The third-order valence-corrected chi connectivity index (χ3v) is 6.56. The van der Waals surface area contributed by atoms with Gasteiger partial charge in [-0.05, 0) is 93.0 Å². The van der Waals surface area contributed by atoms with Gasteiger partial charge in [0.05, 0.1) is 10.7 Å². The molecule has 4 aromatic carbocycles. The number of fused-ring (bicyclic) bond motifs is 1. The first-order valence-corrected chi connectivity index (χ1v) is 12.5. The summed E-state index contributed by atoms with van der Waals surface area (Å²) in [6.07, 6.45) is 1.53. The molecule has 0 spiro atoms. The van der Waals surface area contributed by atoms with Gasteiger partial charge >= 0.3 is 0 Å². The van der Waals surface area contributed by atoms with Gasteiger partial charge in [0, 0.05) is 10.2 Å². The highest BCUT2D eigenvalue weighted by Crippen LogP contribution is 2.35. The minimum absolute atomic E-state index is 0.0180. The molecule has 35 heavy (non-hydrogen) atoms. The van der Waals surface area contributed by atoms with Crippen molar-refractivity contribution in [2.75, 3.05) is 12.4 Å². The van der Waals surface area contributed by atoms with Crippen molar-refractivity contribution in [1.29, 1.82) is 5.26 Å². The van der Waals surface area contributed by atoms with Crippen molar-refractivity contribution >= 4 is 67.0 Å². The predicted octanol–water partition coefficient (Wildman–Crippen LogP) is 7.34. The number of rotatable bonds is 7. The van der Waals surface area contributed by atoms with Crippen LogP contribution in [0.5, 0.6) is 11.5 Å². The highest BCUT2D eigenvalue weighted by Gasteiger charge is 2.14. The Balaban J connectivity index is 1.53. The fourth-order valence-electron chi connectivity index (χ4n) is 3.49. The molecule has 0 aliphatic carbocycles. The average molecular weight is 639 g/mol. The lowest BCUT2D eigenvalue weighted by molar-refractivity contribution is -0.112. The molecule has 1 N–H and O–H groups in total. The van der Waals surface area contributed by atoms with Gasteiger partial charge < -0.3 is 14.8 Å². The first-order chi connectivity index (χ1) is 17.0. The molecular formula is C28H20BrIN2O3. The van der Waals surface area contributed by atoms with E-state index in [1.54, 1.807) is 25.3 Å². The third-order valence-electron chi connectivity index (χ3n) is 5.23. The van der Waals surface area contributed by atoms with Crippen LogP contribution in [0.3, 0.4) is 0 Å². The first-order valence-electron chi connectivity index (χ1n) is 10.6. The van der Waals surface area contributed by atoms with Crippen LogP contribution in [0.15, 0.2) is 88.9 Å². The summed E-state index contributed by atoms with van der Waals surface area (Å²) in [6, 6.07) is 27.1. The van der Waals surface area contributed by atoms with E-state index in [1.807, 2.05) is 42.5 Å². The zero-order valence-corrected chi connectivity index (χ0v) is 22.5. The Morgan fingerprint density at radius 1 is 1.06 bits per heavy atom. The Morgan fingerprint density at radius 3 is 2.51 bits per heavy atom. The van der Waals surface area contributed by atoms with Gasteiger partial charge in [0.25, 0.3) is 5.91 Å². The topological polar surface area (TPSA) is 71.3 Å². The number of amides is 1. The summed E-state index contributed by atoms with van der Waals surface area (Å²) in [5.41, 5.74) is 2.29. The van der Waals surface area contributed by atoms with Gasteiger partial charge in [0.2, 0.25) is 0 Å². The van der Waals surface area contributed by atoms with Crippen LogP contribution in [-0.4, -0.2) is 13.0 Å². The van der Waals surface area contributed by atoms with E-state index < -0.39 is 5.91 Å². The second-order valence-corrected chi connectivity index (χ2v) is 9.71. The molecule has 4 rings (SSSR count). The molecule has 0 fully saturated rings. The van der Waals surface area contributed by atoms with Crippen molar-refractivity contribution in [3.05, 3.63) is 104 Å². The predicted molar refractivity (Wildman–Crippen MR) is 150 cm³/mol. The van der Waals surface area contributed by atoms with Crippen molar-refractivity contribution in [1.82, 2.24) is 0 Å². The lowest BCUT2D eigenvalue weighted by atomic mass is 10.1. The van der Waals surface area contributed by atoms with Crippen molar-refractivity contribution in [3.63, 3.8) is 0 Å². The van der Waals surface area contributed by atoms with E-state index in [1.165, 1.54) is 11.5 Å². The third kappa shape index (κ3) is 6.21. The van der Waals surface area contributed by atoms with Crippen LogP contribution >= 0.6 is 38.5 Å². The van der Waals surface area contributed by atoms with Gasteiger partial charge in [-0.2, -0.15) is 5.26 Å². The van der Waals surface area contributed by atoms with Crippen molar-refractivity contribution in [3.8, 4) is 17.6 Å². The normalized spacial score (nSPS) is 11.1. The van der Waals surface area contributed by atoms with E-state index >= 15 is 0 Å². The monoisotopic (exact) mass is 638 g/mol. The largest absolute Gasteiger partial charge is 0.493 e. The van der Waals surface area contributed by atoms with E-state index in [4.69, 9.17) is 9.47 Å². The maximum Gasteiger partial charge on any atom is 0.266 e. The van der Waals surface area contributed by atoms with Crippen molar-refractivity contribution in [2.45, 2.75) is 6.61 Å². The van der Waals surface area contributed by atoms with Crippen LogP contribution in [0.25, 0.3) is 16.8 Å². The maximum absolute atomic E-state index is 12.6. The lowest BCUT2D eigenvalue weighted by Gasteiger charge is -2.14. The summed E-state index contributed by atoms with van der Waals surface area (Å²) in [7, 11) is 1.56. The minimum Gasteiger partial charge on any atom is -0.493 e. The minimum atomic E-state index is -0.486. The van der Waals surface area contributed by atoms with Gasteiger partial charge in [-0.3, -0.25) is 4.79 Å². The van der Waals surface area contributed by atoms with Crippen LogP contribution in [-0.2, 0) is 11.4 Å². The molecule has 7 heteroatoms.